The summed E-state index contributed by atoms with van der Waals surface area (Å²) in [4.78, 5) is 23.1. The minimum Gasteiger partial charge on any atom is -0.387 e. The van der Waals surface area contributed by atoms with E-state index in [-0.39, 0.29) is 17.0 Å². The van der Waals surface area contributed by atoms with E-state index in [1.165, 1.54) is 24.3 Å². The lowest BCUT2D eigenvalue weighted by molar-refractivity contribution is -0.123. The summed E-state index contributed by atoms with van der Waals surface area (Å²) in [6, 6.07) is 0. The van der Waals surface area contributed by atoms with Crippen molar-refractivity contribution in [3.8, 4) is 0 Å². The van der Waals surface area contributed by atoms with E-state index in [2.05, 4.69) is 23.9 Å². The van der Waals surface area contributed by atoms with Gasteiger partial charge in [-0.2, -0.15) is 8.42 Å². The van der Waals surface area contributed by atoms with Crippen LogP contribution in [0.15, 0.2) is 12.7 Å². The fourth-order valence-corrected chi connectivity index (χ4v) is 3.35. The largest absolute Gasteiger partial charge is 0.387 e. The van der Waals surface area contributed by atoms with E-state index in [0.717, 1.165) is 0 Å². The summed E-state index contributed by atoms with van der Waals surface area (Å²) in [6.45, 7) is -1.14. The molecule has 15 heteroatoms. The molecule has 0 bridgehead atoms. The van der Waals surface area contributed by atoms with Crippen molar-refractivity contribution in [2.24, 2.45) is 0 Å². The van der Waals surface area contributed by atoms with Gasteiger partial charge in [-0.1, -0.05) is 0 Å². The van der Waals surface area contributed by atoms with Crippen LogP contribution in [0, 0.1) is 0 Å². The zero-order valence-corrected chi connectivity index (χ0v) is 15.3. The van der Waals surface area contributed by atoms with Gasteiger partial charge < -0.3 is 25.4 Å². The maximum atomic E-state index is 11.7. The zero-order chi connectivity index (χ0) is 20.5. The number of nitrogens with zero attached hydrogens (tertiary/aromatic N) is 4. The number of hydrogen-bond donors (Lipinski definition) is 4. The highest BCUT2D eigenvalue weighted by Gasteiger charge is 2.45. The predicted molar refractivity (Wildman–Crippen MR) is 90.5 cm³/mol. The first-order valence-electron chi connectivity index (χ1n) is 7.87. The molecule has 0 aliphatic carbocycles. The van der Waals surface area contributed by atoms with Crippen molar-refractivity contribution in [1.29, 1.82) is 0 Å². The number of aliphatic hydroxyl groups is 2. The molecule has 2 aromatic rings. The topological polar surface area (TPSA) is 201 Å². The van der Waals surface area contributed by atoms with Gasteiger partial charge in [0, 0.05) is 7.11 Å². The molecule has 0 saturated carbocycles. The lowest BCUT2D eigenvalue weighted by atomic mass is 10.1. The molecule has 14 nitrogen and oxygen atoms in total. The summed E-state index contributed by atoms with van der Waals surface area (Å²) >= 11 is 0. The Morgan fingerprint density at radius 3 is 2.82 bits per heavy atom. The first-order valence-corrected chi connectivity index (χ1v) is 9.28. The quantitative estimate of drug-likeness (QED) is 0.357. The van der Waals surface area contributed by atoms with E-state index in [9.17, 15) is 23.4 Å². The normalized spacial score (nSPS) is 25.2. The molecule has 1 fully saturated rings. The number of imidazole rings is 1. The van der Waals surface area contributed by atoms with Crippen molar-refractivity contribution in [2.45, 2.75) is 24.5 Å². The molecule has 4 atom stereocenters. The van der Waals surface area contributed by atoms with Gasteiger partial charge in [-0.25, -0.2) is 19.7 Å². The van der Waals surface area contributed by atoms with Gasteiger partial charge in [0.1, 0.15) is 36.8 Å². The highest BCUT2D eigenvalue weighted by molar-refractivity contribution is 7.85. The second-order valence-corrected chi connectivity index (χ2v) is 7.17. The van der Waals surface area contributed by atoms with Crippen LogP contribution in [0.25, 0.3) is 11.2 Å². The van der Waals surface area contributed by atoms with Crippen molar-refractivity contribution in [3.63, 3.8) is 0 Å². The smallest absolute Gasteiger partial charge is 0.362 e. The van der Waals surface area contributed by atoms with Gasteiger partial charge in [0.05, 0.1) is 12.9 Å². The van der Waals surface area contributed by atoms with Gasteiger partial charge in [-0.3, -0.25) is 13.5 Å². The van der Waals surface area contributed by atoms with Crippen molar-refractivity contribution in [2.75, 3.05) is 26.1 Å². The van der Waals surface area contributed by atoms with Gasteiger partial charge in [0.25, 0.3) is 5.91 Å². The minimum absolute atomic E-state index is 0.120. The fourth-order valence-electron chi connectivity index (χ4n) is 2.64. The van der Waals surface area contributed by atoms with E-state index >= 15 is 0 Å². The number of nitrogens with one attached hydrogen (secondary N) is 1. The predicted octanol–water partition coefficient (Wildman–Crippen LogP) is -2.95. The maximum Gasteiger partial charge on any atom is 0.362 e. The lowest BCUT2D eigenvalue weighted by Gasteiger charge is -2.16. The van der Waals surface area contributed by atoms with E-state index in [1.54, 1.807) is 4.72 Å². The molecule has 5 N–H and O–H groups in total. The molecule has 154 valence electrons. The highest BCUT2D eigenvalue weighted by atomic mass is 32.2. The third-order valence-corrected chi connectivity index (χ3v) is 4.82. The summed E-state index contributed by atoms with van der Waals surface area (Å²) in [7, 11) is -3.23. The Bertz CT molecular complexity index is 965. The molecule has 1 aliphatic rings. The van der Waals surface area contributed by atoms with Crippen molar-refractivity contribution < 1.29 is 37.1 Å². The Kier molecular flexibility index (Phi) is 5.73. The Balaban J connectivity index is 1.70. The van der Waals surface area contributed by atoms with Crippen LogP contribution in [0.5, 0.6) is 0 Å². The molecule has 0 spiro atoms. The molecule has 0 radical (unpaired) electrons. The second-order valence-electron chi connectivity index (χ2n) is 5.83. The van der Waals surface area contributed by atoms with Crippen LogP contribution in [0.1, 0.15) is 6.23 Å². The molecule has 28 heavy (non-hydrogen) atoms. The van der Waals surface area contributed by atoms with Gasteiger partial charge in [0.15, 0.2) is 17.7 Å². The third kappa shape index (κ3) is 4.03. The molecular weight excluding hydrogens is 400 g/mol. The van der Waals surface area contributed by atoms with Gasteiger partial charge >= 0.3 is 10.3 Å². The molecule has 2 aromatic heterocycles. The van der Waals surface area contributed by atoms with Crippen LogP contribution in [-0.4, -0.2) is 82.7 Å². The number of carbonyl (C=O) groups excluding carboxylic acids is 1. The maximum absolute atomic E-state index is 11.7. The van der Waals surface area contributed by atoms with Crippen LogP contribution in [0.3, 0.4) is 0 Å². The zero-order valence-electron chi connectivity index (χ0n) is 14.5. The van der Waals surface area contributed by atoms with E-state index in [1.807, 2.05) is 0 Å². The first kappa shape index (κ1) is 20.3. The summed E-state index contributed by atoms with van der Waals surface area (Å²) in [5.74, 6) is -0.815. The second kappa shape index (κ2) is 7.90. The number of fused-ring (bicyclic) bond motifs is 1. The average Bonchev–Trinajstić information content (AvgIpc) is 3.16. The van der Waals surface area contributed by atoms with Gasteiger partial charge in [-0.15, -0.1) is 0 Å². The Hall–Kier alpha value is -2.43. The summed E-state index contributed by atoms with van der Waals surface area (Å²) in [5.41, 5.74) is 6.23. The number of ether oxygens (including phenoxy) is 2. The van der Waals surface area contributed by atoms with Crippen molar-refractivity contribution in [3.05, 3.63) is 12.7 Å². The van der Waals surface area contributed by atoms with Gasteiger partial charge in [-0.05, 0) is 0 Å². The molecule has 3 rings (SSSR count). The number of nitrogens with two attached hydrogens (primary N) is 1. The molecule has 0 aromatic carbocycles. The van der Waals surface area contributed by atoms with Crippen molar-refractivity contribution >= 4 is 33.2 Å². The minimum atomic E-state index is -4.45. The van der Waals surface area contributed by atoms with E-state index in [0.29, 0.717) is 0 Å². The molecule has 1 aliphatic heterocycles. The van der Waals surface area contributed by atoms with Crippen LogP contribution >= 0.6 is 0 Å². The number of aliphatic hydroxyl groups excluding tert-OH is 2. The number of carbonyl (C=O) groups is 1. The number of hydrogen-bond acceptors (Lipinski definition) is 12. The van der Waals surface area contributed by atoms with Crippen molar-refractivity contribution in [1.82, 2.24) is 24.2 Å². The average molecular weight is 418 g/mol. The molecule has 3 heterocycles. The molecular formula is C13H18N6O8S. The fraction of sp³-hybridized carbons (Fsp3) is 0.538. The number of methoxy groups -OCH3 is 1. The summed E-state index contributed by atoms with van der Waals surface area (Å²) < 4.78 is 41.1. The van der Waals surface area contributed by atoms with Crippen LogP contribution in [-0.2, 0) is 28.8 Å². The van der Waals surface area contributed by atoms with Crippen LogP contribution in [0.4, 0.5) is 5.82 Å². The standard InChI is InChI=1S/C13H18N6O8S/c1-25-3-7(20)18-28(23,24)26-2-6-9(21)10(22)13(27-6)19-5-17-8-11(14)15-4-16-12(8)19/h4-6,9-10,13,21-22H,2-3H2,1H3,(H,18,20)(H2,14,15,16)/t6?,9-,10-,13?/m1/s1. The monoisotopic (exact) mass is 418 g/mol. The van der Waals surface area contributed by atoms with E-state index < -0.39 is 54.0 Å². The highest BCUT2D eigenvalue weighted by Crippen LogP contribution is 2.32. The number of anilines is 1. The Labute approximate surface area is 158 Å². The number of amides is 1. The molecule has 2 unspecified atom stereocenters. The molecule has 1 amide bonds. The Morgan fingerprint density at radius 2 is 2.11 bits per heavy atom. The number of rotatable bonds is 7. The summed E-state index contributed by atoms with van der Waals surface area (Å²) in [5, 5.41) is 20.5. The van der Waals surface area contributed by atoms with Crippen LogP contribution < -0.4 is 10.5 Å². The Morgan fingerprint density at radius 1 is 1.36 bits per heavy atom. The van der Waals surface area contributed by atoms with Crippen LogP contribution in [0.2, 0.25) is 0 Å². The van der Waals surface area contributed by atoms with Gasteiger partial charge in [0.2, 0.25) is 0 Å². The summed E-state index contributed by atoms with van der Waals surface area (Å²) in [6.07, 6.45) is -2.77. The lowest BCUT2D eigenvalue weighted by Crippen LogP contribution is -2.38. The van der Waals surface area contributed by atoms with E-state index in [4.69, 9.17) is 10.5 Å². The number of nitrogen functional groups attached to an aromatic ring is 1. The SMILES string of the molecule is COCC(=O)NS(=O)(=O)OCC1OC(n2cnc3c(N)ncnc32)[C@H](O)[C@@H]1O. The molecule has 1 saturated heterocycles. The first-order chi connectivity index (χ1) is 13.2. The number of aromatic nitrogens is 4. The third-order valence-electron chi connectivity index (χ3n) is 3.90.